The van der Waals surface area contributed by atoms with Crippen molar-refractivity contribution in [3.63, 3.8) is 0 Å². The van der Waals surface area contributed by atoms with Crippen molar-refractivity contribution < 1.29 is 23.2 Å². The molecule has 0 aliphatic rings. The zero-order valence-corrected chi connectivity index (χ0v) is 24.8. The van der Waals surface area contributed by atoms with Gasteiger partial charge in [-0.2, -0.15) is 11.8 Å². The maximum absolute atomic E-state index is 9.45. The maximum atomic E-state index is 9.45. The summed E-state index contributed by atoms with van der Waals surface area (Å²) in [4.78, 5) is 0. The van der Waals surface area contributed by atoms with E-state index in [2.05, 4.69) is 46.2 Å². The number of hydrogen-bond acceptors (Lipinski definition) is 6. The molecule has 0 saturated carbocycles. The summed E-state index contributed by atoms with van der Waals surface area (Å²) in [5, 5.41) is 18.9. The molecule has 0 aromatic carbocycles. The van der Waals surface area contributed by atoms with Crippen LogP contribution in [0, 0.1) is 5.41 Å². The van der Waals surface area contributed by atoms with Crippen LogP contribution in [0.1, 0.15) is 39.5 Å². The first-order valence-electron chi connectivity index (χ1n) is 11.6. The minimum absolute atomic E-state index is 0.0316. The monoisotopic (exact) mass is 498 g/mol. The SMILES string of the molecule is CCCC[Si](C)(C)O[Si](C)(C)O[Si](C)(C)CCSCCCOCC(CC)(CO)CO. The van der Waals surface area contributed by atoms with Crippen LogP contribution in [-0.2, 0) is 13.0 Å². The normalized spacial score (nSPS) is 13.8. The minimum Gasteiger partial charge on any atom is -0.437 e. The standard InChI is InChI=1S/C21H50O5SSi3/c1-9-11-16-28(3,4)25-30(7,8)26-29(5,6)17-15-27-14-12-13-24-20-21(10-2,18-22)19-23/h22-23H,9-20H2,1-8H3. The number of hydrogen-bond donors (Lipinski definition) is 2. The Labute approximate surface area is 194 Å². The number of ether oxygens (including phenoxy) is 1. The first kappa shape index (κ1) is 30.8. The highest BCUT2D eigenvalue weighted by molar-refractivity contribution is 7.99. The molecule has 0 heterocycles. The van der Waals surface area contributed by atoms with Gasteiger partial charge >= 0.3 is 8.56 Å². The highest BCUT2D eigenvalue weighted by Gasteiger charge is 2.39. The molecular formula is C21H50O5SSi3. The van der Waals surface area contributed by atoms with Crippen LogP contribution >= 0.6 is 11.8 Å². The van der Waals surface area contributed by atoms with Crippen molar-refractivity contribution in [2.75, 3.05) is 37.9 Å². The molecule has 0 spiro atoms. The average molecular weight is 499 g/mol. The van der Waals surface area contributed by atoms with Gasteiger partial charge in [0.15, 0.2) is 16.6 Å². The molecule has 0 bridgehead atoms. The quantitative estimate of drug-likeness (QED) is 0.182. The Bertz CT molecular complexity index is 438. The molecule has 5 nitrogen and oxygen atoms in total. The molecule has 0 saturated heterocycles. The molecule has 0 fully saturated rings. The highest BCUT2D eigenvalue weighted by atomic mass is 32.2. The Morgan fingerprint density at radius 3 is 1.87 bits per heavy atom. The van der Waals surface area contributed by atoms with Crippen LogP contribution < -0.4 is 0 Å². The third-order valence-electron chi connectivity index (χ3n) is 5.43. The van der Waals surface area contributed by atoms with Gasteiger partial charge in [-0.05, 0) is 75.7 Å². The summed E-state index contributed by atoms with van der Waals surface area (Å²) >= 11 is 1.96. The summed E-state index contributed by atoms with van der Waals surface area (Å²) in [6.07, 6.45) is 4.19. The molecule has 0 aliphatic carbocycles. The van der Waals surface area contributed by atoms with Crippen LogP contribution in [0.5, 0.6) is 0 Å². The lowest BCUT2D eigenvalue weighted by atomic mass is 9.88. The van der Waals surface area contributed by atoms with E-state index in [1.165, 1.54) is 18.9 Å². The zero-order valence-electron chi connectivity index (χ0n) is 21.0. The molecule has 0 amide bonds. The predicted octanol–water partition coefficient (Wildman–Crippen LogP) is 5.45. The molecule has 2 N–H and O–H groups in total. The number of unbranched alkanes of at least 4 members (excludes halogenated alkanes) is 1. The molecule has 0 aliphatic heterocycles. The lowest BCUT2D eigenvalue weighted by molar-refractivity contribution is -0.0295. The molecule has 0 atom stereocenters. The van der Waals surface area contributed by atoms with Crippen LogP contribution in [0.2, 0.25) is 51.4 Å². The van der Waals surface area contributed by atoms with Crippen molar-refractivity contribution in [1.29, 1.82) is 0 Å². The number of thioether (sulfide) groups is 1. The third kappa shape index (κ3) is 14.1. The van der Waals surface area contributed by atoms with Crippen molar-refractivity contribution in [2.45, 2.75) is 90.9 Å². The highest BCUT2D eigenvalue weighted by Crippen LogP contribution is 2.26. The molecule has 0 aromatic heterocycles. The largest absolute Gasteiger partial charge is 0.437 e. The smallest absolute Gasteiger partial charge is 0.311 e. The summed E-state index contributed by atoms with van der Waals surface area (Å²) in [6, 6.07) is 2.36. The summed E-state index contributed by atoms with van der Waals surface area (Å²) in [6.45, 7) is 19.0. The van der Waals surface area contributed by atoms with Gasteiger partial charge in [-0.3, -0.25) is 0 Å². The summed E-state index contributed by atoms with van der Waals surface area (Å²) in [7, 11) is -5.45. The second kappa shape index (κ2) is 14.8. The molecule has 182 valence electrons. The van der Waals surface area contributed by atoms with Crippen molar-refractivity contribution >= 4 is 37.0 Å². The van der Waals surface area contributed by atoms with Crippen LogP contribution in [-0.4, -0.2) is 73.3 Å². The Morgan fingerprint density at radius 1 is 0.800 bits per heavy atom. The van der Waals surface area contributed by atoms with Crippen molar-refractivity contribution in [1.82, 2.24) is 0 Å². The second-order valence-corrected chi connectivity index (χ2v) is 23.9. The minimum atomic E-state index is -2.09. The third-order valence-corrected chi connectivity index (χ3v) is 18.2. The van der Waals surface area contributed by atoms with Gasteiger partial charge in [0.1, 0.15) is 0 Å². The van der Waals surface area contributed by atoms with E-state index in [4.69, 9.17) is 13.0 Å². The predicted molar refractivity (Wildman–Crippen MR) is 139 cm³/mol. The van der Waals surface area contributed by atoms with Gasteiger partial charge in [0.25, 0.3) is 0 Å². The molecule has 30 heavy (non-hydrogen) atoms. The van der Waals surface area contributed by atoms with E-state index < -0.39 is 30.6 Å². The molecule has 0 radical (unpaired) electrons. The van der Waals surface area contributed by atoms with E-state index in [0.29, 0.717) is 13.2 Å². The van der Waals surface area contributed by atoms with Crippen LogP contribution in [0.4, 0.5) is 0 Å². The van der Waals surface area contributed by atoms with Gasteiger partial charge in [-0.15, -0.1) is 0 Å². The topological polar surface area (TPSA) is 68.2 Å². The van der Waals surface area contributed by atoms with Crippen molar-refractivity contribution in [3.8, 4) is 0 Å². The fourth-order valence-electron chi connectivity index (χ4n) is 3.49. The van der Waals surface area contributed by atoms with Gasteiger partial charge in [-0.1, -0.05) is 26.7 Å². The lowest BCUT2D eigenvalue weighted by Gasteiger charge is -2.38. The zero-order chi connectivity index (χ0) is 23.3. The Morgan fingerprint density at radius 2 is 1.37 bits per heavy atom. The number of aliphatic hydroxyl groups excluding tert-OH is 2. The van der Waals surface area contributed by atoms with Gasteiger partial charge < -0.3 is 23.2 Å². The molecule has 0 rings (SSSR count). The van der Waals surface area contributed by atoms with E-state index in [0.717, 1.165) is 30.4 Å². The fraction of sp³-hybridized carbons (Fsp3) is 1.00. The van der Waals surface area contributed by atoms with Gasteiger partial charge in [0, 0.05) is 12.0 Å². The van der Waals surface area contributed by atoms with Gasteiger partial charge in [-0.25, -0.2) is 0 Å². The first-order valence-corrected chi connectivity index (χ1v) is 21.8. The Balaban J connectivity index is 4.12. The summed E-state index contributed by atoms with van der Waals surface area (Å²) in [5.41, 5.74) is -0.493. The number of rotatable bonds is 19. The molecule has 0 aromatic rings. The maximum Gasteiger partial charge on any atom is 0.311 e. The van der Waals surface area contributed by atoms with Gasteiger partial charge in [0.05, 0.1) is 19.8 Å². The fourth-order valence-corrected chi connectivity index (χ4v) is 19.8. The van der Waals surface area contributed by atoms with Crippen molar-refractivity contribution in [2.24, 2.45) is 5.41 Å². The van der Waals surface area contributed by atoms with E-state index in [1.54, 1.807) is 0 Å². The average Bonchev–Trinajstić information content (AvgIpc) is 2.64. The lowest BCUT2D eigenvalue weighted by Crippen LogP contribution is -2.52. The van der Waals surface area contributed by atoms with Gasteiger partial charge in [0.2, 0.25) is 0 Å². The summed E-state index contributed by atoms with van der Waals surface area (Å²) in [5.74, 6) is 2.18. The summed E-state index contributed by atoms with van der Waals surface area (Å²) < 4.78 is 19.0. The molecular weight excluding hydrogens is 449 g/mol. The first-order chi connectivity index (χ1) is 13.9. The Kier molecular flexibility index (Phi) is 15.2. The Hall–Kier alpha value is 0.801. The molecule has 9 heteroatoms. The van der Waals surface area contributed by atoms with Crippen LogP contribution in [0.15, 0.2) is 0 Å². The van der Waals surface area contributed by atoms with E-state index >= 15 is 0 Å². The van der Waals surface area contributed by atoms with E-state index in [-0.39, 0.29) is 13.2 Å². The second-order valence-electron chi connectivity index (χ2n) is 10.2. The van der Waals surface area contributed by atoms with Crippen LogP contribution in [0.3, 0.4) is 0 Å². The van der Waals surface area contributed by atoms with Crippen LogP contribution in [0.25, 0.3) is 0 Å². The van der Waals surface area contributed by atoms with Crippen molar-refractivity contribution in [3.05, 3.63) is 0 Å². The molecule has 0 unspecified atom stereocenters. The van der Waals surface area contributed by atoms with E-state index in [9.17, 15) is 10.2 Å². The van der Waals surface area contributed by atoms with E-state index in [1.807, 2.05) is 18.7 Å². The number of aliphatic hydroxyl groups is 2.